The lowest BCUT2D eigenvalue weighted by Gasteiger charge is -2.35. The van der Waals surface area contributed by atoms with Crippen LogP contribution in [0, 0.1) is 0 Å². The van der Waals surface area contributed by atoms with E-state index < -0.39 is 11.7 Å². The lowest BCUT2D eigenvalue weighted by atomic mass is 10.0. The predicted molar refractivity (Wildman–Crippen MR) is 102 cm³/mol. The van der Waals surface area contributed by atoms with Crippen molar-refractivity contribution in [3.63, 3.8) is 0 Å². The summed E-state index contributed by atoms with van der Waals surface area (Å²) < 4.78 is 43.9. The van der Waals surface area contributed by atoms with Crippen molar-refractivity contribution >= 4 is 17.2 Å². The molecule has 4 nitrogen and oxygen atoms in total. The van der Waals surface area contributed by atoms with Gasteiger partial charge in [0.1, 0.15) is 0 Å². The molecule has 1 aromatic heterocycles. The summed E-state index contributed by atoms with van der Waals surface area (Å²) in [5.74, 6) is -0.0569. The Morgan fingerprint density at radius 1 is 1.18 bits per heavy atom. The first kappa shape index (κ1) is 20.8. The number of carbonyl (C=O) groups is 1. The van der Waals surface area contributed by atoms with E-state index in [1.807, 2.05) is 17.5 Å². The molecular weight excluding hydrogens is 389 g/mol. The summed E-state index contributed by atoms with van der Waals surface area (Å²) in [5, 5.41) is 4.93. The van der Waals surface area contributed by atoms with Crippen molar-refractivity contribution in [3.8, 4) is 0 Å². The Kier molecular flexibility index (Phi) is 7.09. The zero-order valence-corrected chi connectivity index (χ0v) is 16.2. The van der Waals surface area contributed by atoms with E-state index in [4.69, 9.17) is 4.74 Å². The predicted octanol–water partition coefficient (Wildman–Crippen LogP) is 3.89. The van der Waals surface area contributed by atoms with Crippen LogP contribution in [0.2, 0.25) is 0 Å². The SMILES string of the molecule is O=C(CCc1cccs1)NCC(c1ccc(C(F)(F)F)cc1)N1CCOCC1. The third-order valence-corrected chi connectivity index (χ3v) is 5.72. The van der Waals surface area contributed by atoms with Gasteiger partial charge >= 0.3 is 6.18 Å². The van der Waals surface area contributed by atoms with Crippen molar-refractivity contribution in [1.82, 2.24) is 10.2 Å². The molecular formula is C20H23F3N2O2S. The van der Waals surface area contributed by atoms with Crippen LogP contribution in [-0.2, 0) is 22.1 Å². The Balaban J connectivity index is 1.64. The van der Waals surface area contributed by atoms with Crippen LogP contribution in [-0.4, -0.2) is 43.7 Å². The van der Waals surface area contributed by atoms with Crippen molar-refractivity contribution in [3.05, 3.63) is 57.8 Å². The molecule has 1 atom stereocenters. The van der Waals surface area contributed by atoms with E-state index in [1.165, 1.54) is 12.1 Å². The highest BCUT2D eigenvalue weighted by atomic mass is 32.1. The minimum atomic E-state index is -4.36. The minimum absolute atomic E-state index is 0.0569. The molecule has 0 spiro atoms. The summed E-state index contributed by atoms with van der Waals surface area (Å²) >= 11 is 1.62. The van der Waals surface area contributed by atoms with Crippen LogP contribution in [0.15, 0.2) is 41.8 Å². The molecule has 0 bridgehead atoms. The third kappa shape index (κ3) is 5.80. The van der Waals surface area contributed by atoms with Gasteiger partial charge in [-0.05, 0) is 35.6 Å². The maximum Gasteiger partial charge on any atom is 0.416 e. The van der Waals surface area contributed by atoms with Gasteiger partial charge in [0, 0.05) is 30.9 Å². The molecule has 1 aromatic carbocycles. The van der Waals surface area contributed by atoms with Crippen LogP contribution >= 0.6 is 11.3 Å². The Morgan fingerprint density at radius 2 is 1.89 bits per heavy atom. The number of morpholine rings is 1. The number of hydrogen-bond acceptors (Lipinski definition) is 4. The number of nitrogens with zero attached hydrogens (tertiary/aromatic N) is 1. The van der Waals surface area contributed by atoms with Gasteiger partial charge in [-0.3, -0.25) is 9.69 Å². The van der Waals surface area contributed by atoms with Gasteiger partial charge in [0.15, 0.2) is 0 Å². The zero-order valence-electron chi connectivity index (χ0n) is 15.4. The maximum atomic E-state index is 12.8. The molecule has 1 fully saturated rings. The molecule has 0 saturated carbocycles. The number of alkyl halides is 3. The van der Waals surface area contributed by atoms with E-state index >= 15 is 0 Å². The highest BCUT2D eigenvalue weighted by Gasteiger charge is 2.31. The van der Waals surface area contributed by atoms with Gasteiger partial charge in [0.05, 0.1) is 24.8 Å². The lowest BCUT2D eigenvalue weighted by Crippen LogP contribution is -2.43. The second-order valence-electron chi connectivity index (χ2n) is 6.67. The quantitative estimate of drug-likeness (QED) is 0.750. The lowest BCUT2D eigenvalue weighted by molar-refractivity contribution is -0.137. The van der Waals surface area contributed by atoms with E-state index in [0.717, 1.165) is 22.6 Å². The number of nitrogens with one attached hydrogen (secondary N) is 1. The molecule has 0 aliphatic carbocycles. The normalized spacial score (nSPS) is 16.7. The molecule has 1 aliphatic rings. The first-order valence-electron chi connectivity index (χ1n) is 9.21. The van der Waals surface area contributed by atoms with Crippen molar-refractivity contribution in [2.45, 2.75) is 25.1 Å². The number of benzene rings is 1. The second kappa shape index (κ2) is 9.54. The van der Waals surface area contributed by atoms with Crippen molar-refractivity contribution < 1.29 is 22.7 Å². The van der Waals surface area contributed by atoms with Gasteiger partial charge in [-0.25, -0.2) is 0 Å². The molecule has 1 N–H and O–H groups in total. The molecule has 8 heteroatoms. The van der Waals surface area contributed by atoms with Crippen LogP contribution in [0.1, 0.15) is 28.5 Å². The van der Waals surface area contributed by atoms with E-state index in [9.17, 15) is 18.0 Å². The number of thiophene rings is 1. The van der Waals surface area contributed by atoms with Crippen LogP contribution in [0.4, 0.5) is 13.2 Å². The first-order valence-corrected chi connectivity index (χ1v) is 10.1. The Hall–Kier alpha value is -1.90. The van der Waals surface area contributed by atoms with Crippen molar-refractivity contribution in [2.75, 3.05) is 32.8 Å². The molecule has 0 radical (unpaired) electrons. The molecule has 28 heavy (non-hydrogen) atoms. The van der Waals surface area contributed by atoms with Gasteiger partial charge in [-0.1, -0.05) is 18.2 Å². The zero-order chi connectivity index (χ0) is 20.0. The number of ether oxygens (including phenoxy) is 1. The van der Waals surface area contributed by atoms with E-state index in [-0.39, 0.29) is 11.9 Å². The molecule has 3 rings (SSSR count). The fourth-order valence-corrected chi connectivity index (χ4v) is 3.94. The smallest absolute Gasteiger partial charge is 0.379 e. The Labute approximate surface area is 166 Å². The maximum absolute atomic E-state index is 12.8. The standard InChI is InChI=1S/C20H23F3N2O2S/c21-20(22,23)16-5-3-15(4-6-16)18(25-9-11-27-12-10-25)14-24-19(26)8-7-17-2-1-13-28-17/h1-6,13,18H,7-12,14H2,(H,24,26). The van der Waals surface area contributed by atoms with E-state index in [0.29, 0.717) is 45.7 Å². The summed E-state index contributed by atoms with van der Waals surface area (Å²) in [6.07, 6.45) is -3.28. The van der Waals surface area contributed by atoms with Crippen LogP contribution in [0.5, 0.6) is 0 Å². The van der Waals surface area contributed by atoms with Gasteiger partial charge in [-0.15, -0.1) is 11.3 Å². The van der Waals surface area contributed by atoms with Gasteiger partial charge in [0.25, 0.3) is 0 Å². The van der Waals surface area contributed by atoms with E-state index in [2.05, 4.69) is 10.2 Å². The summed E-state index contributed by atoms with van der Waals surface area (Å²) in [6, 6.07) is 8.97. The number of amides is 1. The summed E-state index contributed by atoms with van der Waals surface area (Å²) in [6.45, 7) is 2.86. The Bertz CT molecular complexity index is 742. The fourth-order valence-electron chi connectivity index (χ4n) is 3.23. The topological polar surface area (TPSA) is 41.6 Å². The second-order valence-corrected chi connectivity index (χ2v) is 7.70. The molecule has 2 heterocycles. The Morgan fingerprint density at radius 3 is 2.50 bits per heavy atom. The summed E-state index contributed by atoms with van der Waals surface area (Å²) in [4.78, 5) is 15.5. The van der Waals surface area contributed by atoms with Gasteiger partial charge < -0.3 is 10.1 Å². The molecule has 152 valence electrons. The number of halogens is 3. The van der Waals surface area contributed by atoms with E-state index in [1.54, 1.807) is 11.3 Å². The van der Waals surface area contributed by atoms with Gasteiger partial charge in [0.2, 0.25) is 5.91 Å². The van der Waals surface area contributed by atoms with Crippen LogP contribution in [0.3, 0.4) is 0 Å². The van der Waals surface area contributed by atoms with Crippen LogP contribution in [0.25, 0.3) is 0 Å². The summed E-state index contributed by atoms with van der Waals surface area (Å²) in [5.41, 5.74) is 0.0883. The number of rotatable bonds is 7. The summed E-state index contributed by atoms with van der Waals surface area (Å²) in [7, 11) is 0. The number of aryl methyl sites for hydroxylation is 1. The highest BCUT2D eigenvalue weighted by Crippen LogP contribution is 2.31. The van der Waals surface area contributed by atoms with Crippen molar-refractivity contribution in [1.29, 1.82) is 0 Å². The molecule has 1 amide bonds. The molecule has 2 aromatic rings. The molecule has 1 unspecified atom stereocenters. The monoisotopic (exact) mass is 412 g/mol. The fraction of sp³-hybridized carbons (Fsp3) is 0.450. The average Bonchev–Trinajstić information content (AvgIpc) is 3.21. The number of hydrogen-bond donors (Lipinski definition) is 1. The number of carbonyl (C=O) groups excluding carboxylic acids is 1. The highest BCUT2D eigenvalue weighted by molar-refractivity contribution is 7.09. The molecule has 1 saturated heterocycles. The third-order valence-electron chi connectivity index (χ3n) is 4.78. The van der Waals surface area contributed by atoms with Crippen LogP contribution < -0.4 is 5.32 Å². The van der Waals surface area contributed by atoms with Gasteiger partial charge in [-0.2, -0.15) is 13.2 Å². The minimum Gasteiger partial charge on any atom is -0.379 e. The largest absolute Gasteiger partial charge is 0.416 e. The average molecular weight is 412 g/mol. The molecule has 1 aliphatic heterocycles. The van der Waals surface area contributed by atoms with Crippen molar-refractivity contribution in [2.24, 2.45) is 0 Å². The first-order chi connectivity index (χ1) is 13.4.